The number of nitrogens with zero attached hydrogens (tertiary/aromatic N) is 2. The number of hydrogen-bond donors (Lipinski definition) is 1. The fraction of sp³-hybridized carbons (Fsp3) is 0.625. The summed E-state index contributed by atoms with van der Waals surface area (Å²) in [5.74, 6) is 2.46. The second-order valence-corrected chi connectivity index (χ2v) is 6.42. The predicted octanol–water partition coefficient (Wildman–Crippen LogP) is 2.37. The molecule has 1 aromatic rings. The molecular weight excluding hydrogens is 250 g/mol. The highest BCUT2D eigenvalue weighted by atomic mass is 16.1. The molecule has 20 heavy (non-hydrogen) atoms. The van der Waals surface area contributed by atoms with Crippen LogP contribution in [0.3, 0.4) is 0 Å². The fourth-order valence-corrected chi connectivity index (χ4v) is 3.98. The van der Waals surface area contributed by atoms with Gasteiger partial charge in [0, 0.05) is 30.9 Å². The van der Waals surface area contributed by atoms with E-state index < -0.39 is 0 Å². The molecule has 1 N–H and O–H groups in total. The topological polar surface area (TPSA) is 46.9 Å². The van der Waals surface area contributed by atoms with E-state index in [2.05, 4.69) is 17.3 Å². The normalized spacial score (nSPS) is 30.0. The lowest BCUT2D eigenvalue weighted by Crippen LogP contribution is -2.39. The monoisotopic (exact) mass is 273 g/mol. The maximum atomic E-state index is 12.0. The van der Waals surface area contributed by atoms with Crippen LogP contribution in [0.1, 0.15) is 38.2 Å². The zero-order valence-electron chi connectivity index (χ0n) is 12.2. The summed E-state index contributed by atoms with van der Waals surface area (Å²) in [5.41, 5.74) is 0.954. The second-order valence-electron chi connectivity index (χ2n) is 6.42. The summed E-state index contributed by atoms with van der Waals surface area (Å²) in [6.45, 7) is 2.15. The van der Waals surface area contributed by atoms with Gasteiger partial charge in [0.2, 0.25) is 5.91 Å². The average Bonchev–Trinajstić information content (AvgIpc) is 3.12. The molecule has 4 heteroatoms. The van der Waals surface area contributed by atoms with Crippen molar-refractivity contribution in [3.63, 3.8) is 0 Å². The lowest BCUT2D eigenvalue weighted by atomic mass is 9.84. The van der Waals surface area contributed by atoms with E-state index in [-0.39, 0.29) is 11.9 Å². The van der Waals surface area contributed by atoms with Crippen molar-refractivity contribution in [2.24, 2.45) is 24.8 Å². The van der Waals surface area contributed by atoms with Crippen molar-refractivity contribution in [2.75, 3.05) is 0 Å². The van der Waals surface area contributed by atoms with E-state index in [1.165, 1.54) is 25.7 Å². The molecule has 4 nitrogen and oxygen atoms in total. The predicted molar refractivity (Wildman–Crippen MR) is 78.8 cm³/mol. The molecule has 0 spiro atoms. The van der Waals surface area contributed by atoms with E-state index in [0.29, 0.717) is 5.92 Å². The molecule has 2 bridgehead atoms. The lowest BCUT2D eigenvalue weighted by Gasteiger charge is -2.28. The van der Waals surface area contributed by atoms with Crippen LogP contribution in [0.15, 0.2) is 18.5 Å². The first-order chi connectivity index (χ1) is 9.61. The van der Waals surface area contributed by atoms with E-state index in [9.17, 15) is 4.79 Å². The van der Waals surface area contributed by atoms with E-state index in [1.807, 2.05) is 19.3 Å². The minimum Gasteiger partial charge on any atom is -0.350 e. The van der Waals surface area contributed by atoms with Gasteiger partial charge in [-0.15, -0.1) is 0 Å². The maximum absolute atomic E-state index is 12.0. The van der Waals surface area contributed by atoms with Crippen LogP contribution in [-0.2, 0) is 11.8 Å². The maximum Gasteiger partial charge on any atom is 0.244 e. The van der Waals surface area contributed by atoms with Gasteiger partial charge >= 0.3 is 0 Å². The summed E-state index contributed by atoms with van der Waals surface area (Å²) in [6, 6.07) is 0.288. The zero-order valence-corrected chi connectivity index (χ0v) is 12.2. The standard InChI is InChI=1S/C16H23N3O/c1-11(15-8-12-3-5-14(15)7-12)18-16(20)6-4-13-9-17-19(2)10-13/h4,6,9-12,14-15H,3,5,7-8H2,1-2H3,(H,18,20)/b6-4+. The van der Waals surface area contributed by atoms with Crippen LogP contribution in [0.4, 0.5) is 0 Å². The van der Waals surface area contributed by atoms with Crippen molar-refractivity contribution >= 4 is 12.0 Å². The number of carbonyl (C=O) groups excluding carboxylic acids is 1. The second kappa shape index (κ2) is 5.43. The van der Waals surface area contributed by atoms with Gasteiger partial charge in [0.15, 0.2) is 0 Å². The molecular formula is C16H23N3O. The number of carbonyl (C=O) groups is 1. The highest BCUT2D eigenvalue weighted by Crippen LogP contribution is 2.49. The molecule has 108 valence electrons. The van der Waals surface area contributed by atoms with Gasteiger partial charge < -0.3 is 5.32 Å². The minimum atomic E-state index is 0.00382. The van der Waals surface area contributed by atoms with E-state index in [4.69, 9.17) is 0 Å². The third kappa shape index (κ3) is 2.79. The highest BCUT2D eigenvalue weighted by molar-refractivity contribution is 5.91. The number of amides is 1. The first-order valence-corrected chi connectivity index (χ1v) is 7.59. The number of aromatic nitrogens is 2. The van der Waals surface area contributed by atoms with E-state index in [0.717, 1.165) is 17.4 Å². The van der Waals surface area contributed by atoms with Crippen LogP contribution in [0.2, 0.25) is 0 Å². The summed E-state index contributed by atoms with van der Waals surface area (Å²) in [5, 5.41) is 7.21. The molecule has 0 radical (unpaired) electrons. The Kier molecular flexibility index (Phi) is 3.64. The van der Waals surface area contributed by atoms with Gasteiger partial charge in [0.1, 0.15) is 0 Å². The molecule has 4 unspecified atom stereocenters. The molecule has 1 amide bonds. The Balaban J connectivity index is 1.52. The van der Waals surface area contributed by atoms with Crippen LogP contribution in [0, 0.1) is 17.8 Å². The molecule has 1 aromatic heterocycles. The Morgan fingerprint density at radius 2 is 2.35 bits per heavy atom. The summed E-state index contributed by atoms with van der Waals surface area (Å²) >= 11 is 0. The van der Waals surface area contributed by atoms with Gasteiger partial charge in [0.05, 0.1) is 6.20 Å². The molecule has 0 saturated heterocycles. The number of rotatable bonds is 4. The molecule has 4 atom stereocenters. The summed E-state index contributed by atoms with van der Waals surface area (Å²) in [7, 11) is 1.87. The van der Waals surface area contributed by atoms with Crippen LogP contribution in [-0.4, -0.2) is 21.7 Å². The number of aryl methyl sites for hydroxylation is 1. The molecule has 3 rings (SSSR count). The Bertz CT molecular complexity index is 520. The van der Waals surface area contributed by atoms with Gasteiger partial charge in [-0.25, -0.2) is 0 Å². The molecule has 2 aliphatic carbocycles. The van der Waals surface area contributed by atoms with Crippen molar-refractivity contribution < 1.29 is 4.79 Å². The third-order valence-electron chi connectivity index (χ3n) is 4.96. The quantitative estimate of drug-likeness (QED) is 0.856. The lowest BCUT2D eigenvalue weighted by molar-refractivity contribution is -0.117. The third-order valence-corrected chi connectivity index (χ3v) is 4.96. The van der Waals surface area contributed by atoms with Crippen molar-refractivity contribution in [3.8, 4) is 0 Å². The van der Waals surface area contributed by atoms with Crippen molar-refractivity contribution in [1.29, 1.82) is 0 Å². The first kappa shape index (κ1) is 13.4. The molecule has 1 heterocycles. The highest BCUT2D eigenvalue weighted by Gasteiger charge is 2.41. The van der Waals surface area contributed by atoms with Gasteiger partial charge in [0.25, 0.3) is 0 Å². The van der Waals surface area contributed by atoms with E-state index >= 15 is 0 Å². The van der Waals surface area contributed by atoms with Crippen molar-refractivity contribution in [3.05, 3.63) is 24.0 Å². The Labute approximate surface area is 120 Å². The Hall–Kier alpha value is -1.58. The van der Waals surface area contributed by atoms with Crippen molar-refractivity contribution in [2.45, 2.75) is 38.6 Å². The molecule has 2 fully saturated rings. The minimum absolute atomic E-state index is 0.00382. The first-order valence-electron chi connectivity index (χ1n) is 7.59. The van der Waals surface area contributed by atoms with Crippen molar-refractivity contribution in [1.82, 2.24) is 15.1 Å². The molecule has 0 aliphatic heterocycles. The Morgan fingerprint density at radius 1 is 1.50 bits per heavy atom. The smallest absolute Gasteiger partial charge is 0.244 e. The van der Waals surface area contributed by atoms with Gasteiger partial charge in [-0.2, -0.15) is 5.10 Å². The summed E-state index contributed by atoms with van der Waals surface area (Å²) < 4.78 is 1.73. The zero-order chi connectivity index (χ0) is 14.1. The Morgan fingerprint density at radius 3 is 2.95 bits per heavy atom. The number of hydrogen-bond acceptors (Lipinski definition) is 2. The number of fused-ring (bicyclic) bond motifs is 2. The largest absolute Gasteiger partial charge is 0.350 e. The van der Waals surface area contributed by atoms with Crippen LogP contribution in [0.5, 0.6) is 0 Å². The van der Waals surface area contributed by atoms with Crippen LogP contribution >= 0.6 is 0 Å². The molecule has 0 aromatic carbocycles. The molecule has 2 aliphatic rings. The van der Waals surface area contributed by atoms with E-state index in [1.54, 1.807) is 17.0 Å². The van der Waals surface area contributed by atoms with Crippen LogP contribution in [0.25, 0.3) is 6.08 Å². The fourth-order valence-electron chi connectivity index (χ4n) is 3.98. The van der Waals surface area contributed by atoms with Gasteiger partial charge in [-0.1, -0.05) is 6.42 Å². The summed E-state index contributed by atoms with van der Waals surface area (Å²) in [4.78, 5) is 12.0. The SMILES string of the molecule is CC(NC(=O)/C=C/c1cnn(C)c1)C1CC2CCC1C2. The van der Waals surface area contributed by atoms with Gasteiger partial charge in [-0.3, -0.25) is 9.48 Å². The van der Waals surface area contributed by atoms with Gasteiger partial charge in [-0.05, 0) is 50.0 Å². The summed E-state index contributed by atoms with van der Waals surface area (Å²) in [6.07, 6.45) is 12.5. The number of nitrogens with one attached hydrogen (secondary N) is 1. The molecule has 2 saturated carbocycles. The average molecular weight is 273 g/mol. The van der Waals surface area contributed by atoms with Crippen LogP contribution < -0.4 is 5.32 Å².